The van der Waals surface area contributed by atoms with Crippen molar-refractivity contribution in [3.8, 4) is 0 Å². The van der Waals surface area contributed by atoms with Crippen molar-refractivity contribution >= 4 is 23.7 Å². The summed E-state index contributed by atoms with van der Waals surface area (Å²) >= 11 is 0. The summed E-state index contributed by atoms with van der Waals surface area (Å²) in [5.74, 6) is -1.65. The minimum Gasteiger partial charge on any atom is -0.372 e. The summed E-state index contributed by atoms with van der Waals surface area (Å²) in [6, 6.07) is 11.9. The third kappa shape index (κ3) is 6.33. The van der Waals surface area contributed by atoms with Gasteiger partial charge in [0.1, 0.15) is 0 Å². The summed E-state index contributed by atoms with van der Waals surface area (Å²) in [7, 11) is 0. The van der Waals surface area contributed by atoms with Crippen LogP contribution in [0.15, 0.2) is 53.6 Å². The number of nitrogens with one attached hydrogen (secondary N) is 2. The molecular formula is C21H23F3N4O2. The molecule has 0 unspecified atom stereocenters. The topological polar surface area (TPSA) is 73.8 Å². The van der Waals surface area contributed by atoms with E-state index in [9.17, 15) is 22.8 Å². The first-order valence-corrected chi connectivity index (χ1v) is 9.37. The van der Waals surface area contributed by atoms with Gasteiger partial charge in [-0.15, -0.1) is 0 Å². The van der Waals surface area contributed by atoms with Gasteiger partial charge in [-0.05, 0) is 43.7 Å². The van der Waals surface area contributed by atoms with Crippen LogP contribution in [0.3, 0.4) is 0 Å². The molecule has 0 atom stereocenters. The number of halogens is 3. The molecule has 6 nitrogen and oxygen atoms in total. The molecule has 0 aliphatic heterocycles. The Kier molecular flexibility index (Phi) is 7.97. The van der Waals surface area contributed by atoms with E-state index < -0.39 is 35.7 Å². The fourth-order valence-electron chi connectivity index (χ4n) is 2.76. The average molecular weight is 420 g/mol. The second kappa shape index (κ2) is 10.4. The fourth-order valence-corrected chi connectivity index (χ4v) is 2.76. The number of anilines is 1. The van der Waals surface area contributed by atoms with Gasteiger partial charge in [-0.2, -0.15) is 18.3 Å². The Bertz CT molecular complexity index is 892. The summed E-state index contributed by atoms with van der Waals surface area (Å²) in [6.45, 7) is 5.39. The summed E-state index contributed by atoms with van der Waals surface area (Å²) in [4.78, 5) is 26.0. The van der Waals surface area contributed by atoms with E-state index in [0.29, 0.717) is 0 Å². The van der Waals surface area contributed by atoms with E-state index in [0.717, 1.165) is 36.5 Å². The largest absolute Gasteiger partial charge is 0.417 e. The number of carbonyl (C=O) groups excluding carboxylic acids is 2. The van der Waals surface area contributed by atoms with Crippen molar-refractivity contribution in [3.63, 3.8) is 0 Å². The van der Waals surface area contributed by atoms with Crippen molar-refractivity contribution in [1.29, 1.82) is 0 Å². The lowest BCUT2D eigenvalue weighted by atomic mass is 10.1. The molecule has 0 aromatic heterocycles. The third-order valence-electron chi connectivity index (χ3n) is 4.31. The first-order chi connectivity index (χ1) is 14.3. The van der Waals surface area contributed by atoms with Gasteiger partial charge >= 0.3 is 6.18 Å². The number of alkyl halides is 3. The van der Waals surface area contributed by atoms with Gasteiger partial charge in [-0.1, -0.05) is 24.3 Å². The van der Waals surface area contributed by atoms with E-state index in [4.69, 9.17) is 0 Å². The Morgan fingerprint density at radius 2 is 1.67 bits per heavy atom. The molecule has 0 saturated carbocycles. The lowest BCUT2D eigenvalue weighted by Gasteiger charge is -2.20. The maximum Gasteiger partial charge on any atom is 0.417 e. The zero-order valence-electron chi connectivity index (χ0n) is 16.7. The second-order valence-corrected chi connectivity index (χ2v) is 6.28. The maximum atomic E-state index is 13.0. The molecule has 0 aliphatic carbocycles. The quantitative estimate of drug-likeness (QED) is 0.508. The predicted molar refractivity (Wildman–Crippen MR) is 110 cm³/mol. The smallest absolute Gasteiger partial charge is 0.372 e. The lowest BCUT2D eigenvalue weighted by Crippen LogP contribution is -2.35. The van der Waals surface area contributed by atoms with Gasteiger partial charge in [0.25, 0.3) is 11.8 Å². The van der Waals surface area contributed by atoms with Crippen molar-refractivity contribution < 1.29 is 22.8 Å². The Balaban J connectivity index is 1.88. The fraction of sp³-hybridized carbons (Fsp3) is 0.286. The number of nitrogens with zero attached hydrogens (tertiary/aromatic N) is 2. The predicted octanol–water partition coefficient (Wildman–Crippen LogP) is 3.43. The van der Waals surface area contributed by atoms with Crippen LogP contribution in [0.4, 0.5) is 18.9 Å². The average Bonchev–Trinajstić information content (AvgIpc) is 2.73. The molecule has 30 heavy (non-hydrogen) atoms. The van der Waals surface area contributed by atoms with Gasteiger partial charge in [0.15, 0.2) is 0 Å². The number of hydrogen-bond acceptors (Lipinski definition) is 4. The van der Waals surface area contributed by atoms with Gasteiger partial charge < -0.3 is 10.2 Å². The molecule has 0 fully saturated rings. The van der Waals surface area contributed by atoms with Crippen molar-refractivity contribution in [2.75, 3.05) is 24.5 Å². The monoisotopic (exact) mass is 420 g/mol. The van der Waals surface area contributed by atoms with Gasteiger partial charge in [0.05, 0.1) is 23.9 Å². The summed E-state index contributed by atoms with van der Waals surface area (Å²) in [5, 5.41) is 5.96. The van der Waals surface area contributed by atoms with E-state index in [1.807, 2.05) is 24.3 Å². The molecule has 2 aromatic carbocycles. The minimum atomic E-state index is -4.67. The third-order valence-corrected chi connectivity index (χ3v) is 4.31. The number of hydrogen-bond donors (Lipinski definition) is 2. The highest BCUT2D eigenvalue weighted by Crippen LogP contribution is 2.31. The van der Waals surface area contributed by atoms with Crippen LogP contribution in [0.2, 0.25) is 0 Å². The standard InChI is InChI=1S/C21H23F3N4O2/c1-3-28(4-2)16-11-9-15(10-12-16)13-26-27-19(29)14-25-20(30)17-7-5-6-8-18(17)21(22,23)24/h5-13H,3-4,14H2,1-2H3,(H,25,30)(H,27,29)/b26-13-. The summed E-state index contributed by atoms with van der Waals surface area (Å²) in [6.07, 6.45) is -3.23. The molecule has 0 heterocycles. The van der Waals surface area contributed by atoms with Crippen LogP contribution in [-0.4, -0.2) is 37.7 Å². The van der Waals surface area contributed by atoms with Crippen LogP contribution in [0.25, 0.3) is 0 Å². The number of amides is 2. The van der Waals surface area contributed by atoms with Crippen molar-refractivity contribution in [2.45, 2.75) is 20.0 Å². The molecule has 2 aromatic rings. The molecule has 2 N–H and O–H groups in total. The maximum absolute atomic E-state index is 13.0. The molecule has 9 heteroatoms. The van der Waals surface area contributed by atoms with E-state index in [-0.39, 0.29) is 0 Å². The zero-order chi connectivity index (χ0) is 22.1. The van der Waals surface area contributed by atoms with E-state index in [1.165, 1.54) is 18.3 Å². The Morgan fingerprint density at radius 3 is 2.27 bits per heavy atom. The van der Waals surface area contributed by atoms with Crippen molar-refractivity contribution in [1.82, 2.24) is 10.7 Å². The number of hydrazone groups is 1. The highest BCUT2D eigenvalue weighted by atomic mass is 19.4. The van der Waals surface area contributed by atoms with Crippen LogP contribution in [-0.2, 0) is 11.0 Å². The Morgan fingerprint density at radius 1 is 1.03 bits per heavy atom. The van der Waals surface area contributed by atoms with Crippen molar-refractivity contribution in [2.24, 2.45) is 5.10 Å². The molecule has 0 radical (unpaired) electrons. The van der Waals surface area contributed by atoms with Crippen LogP contribution in [0, 0.1) is 0 Å². The van der Waals surface area contributed by atoms with Crippen LogP contribution in [0.1, 0.15) is 35.3 Å². The van der Waals surface area contributed by atoms with Gasteiger partial charge in [0, 0.05) is 18.8 Å². The summed E-state index contributed by atoms with van der Waals surface area (Å²) < 4.78 is 38.9. The van der Waals surface area contributed by atoms with Gasteiger partial charge in [-0.25, -0.2) is 5.43 Å². The van der Waals surface area contributed by atoms with E-state index in [1.54, 1.807) is 0 Å². The number of carbonyl (C=O) groups is 2. The van der Waals surface area contributed by atoms with E-state index in [2.05, 4.69) is 34.6 Å². The molecule has 0 bridgehead atoms. The molecule has 160 valence electrons. The SMILES string of the molecule is CCN(CC)c1ccc(/C=N\NC(=O)CNC(=O)c2ccccc2C(F)(F)F)cc1. The van der Waals surface area contributed by atoms with Crippen LogP contribution < -0.4 is 15.6 Å². The van der Waals surface area contributed by atoms with E-state index >= 15 is 0 Å². The second-order valence-electron chi connectivity index (χ2n) is 6.28. The number of benzene rings is 2. The highest BCUT2D eigenvalue weighted by Gasteiger charge is 2.34. The van der Waals surface area contributed by atoms with Crippen LogP contribution >= 0.6 is 0 Å². The van der Waals surface area contributed by atoms with Gasteiger partial charge in [0.2, 0.25) is 0 Å². The normalized spacial score (nSPS) is 11.4. The lowest BCUT2D eigenvalue weighted by molar-refractivity contribution is -0.137. The highest BCUT2D eigenvalue weighted by molar-refractivity contribution is 5.98. The first kappa shape index (κ1) is 22.9. The van der Waals surface area contributed by atoms with Gasteiger partial charge in [-0.3, -0.25) is 9.59 Å². The van der Waals surface area contributed by atoms with Crippen LogP contribution in [0.5, 0.6) is 0 Å². The number of rotatable bonds is 8. The first-order valence-electron chi connectivity index (χ1n) is 9.37. The molecule has 2 amide bonds. The summed E-state index contributed by atoms with van der Waals surface area (Å²) in [5.41, 5.74) is 2.45. The Labute approximate surface area is 172 Å². The Hall–Kier alpha value is -3.36. The van der Waals surface area contributed by atoms with Crippen molar-refractivity contribution in [3.05, 3.63) is 65.2 Å². The molecule has 2 rings (SSSR count). The molecular weight excluding hydrogens is 397 g/mol. The molecule has 0 aliphatic rings. The minimum absolute atomic E-state index is 0.511. The molecule has 0 saturated heterocycles. The zero-order valence-corrected chi connectivity index (χ0v) is 16.7. The molecule has 0 spiro atoms.